The zero-order chi connectivity index (χ0) is 34.4. The summed E-state index contributed by atoms with van der Waals surface area (Å²) in [6, 6.07) is 62.4. The number of rotatable bonds is 6. The molecule has 10 rings (SSSR count). The van der Waals surface area contributed by atoms with Crippen LogP contribution in [0.25, 0.3) is 100 Å². The highest BCUT2D eigenvalue weighted by Gasteiger charge is 2.22. The molecule has 3 nitrogen and oxygen atoms in total. The molecule has 1 aliphatic rings. The molecule has 3 heteroatoms. The predicted octanol–water partition coefficient (Wildman–Crippen LogP) is 12.7. The lowest BCUT2D eigenvalue weighted by Gasteiger charge is -2.13. The van der Waals surface area contributed by atoms with Crippen molar-refractivity contribution in [2.75, 3.05) is 0 Å². The molecule has 0 aliphatic heterocycles. The van der Waals surface area contributed by atoms with Crippen LogP contribution >= 0.6 is 0 Å². The Labute approximate surface area is 302 Å². The monoisotopic (exact) mass is 661 g/mol. The number of aromatic nitrogens is 3. The third kappa shape index (κ3) is 5.10. The fourth-order valence-electron chi connectivity index (χ4n) is 7.67. The summed E-state index contributed by atoms with van der Waals surface area (Å²) < 4.78 is 0. The van der Waals surface area contributed by atoms with Crippen molar-refractivity contribution >= 4 is 10.8 Å². The van der Waals surface area contributed by atoms with E-state index in [1.54, 1.807) is 6.20 Å². The molecule has 0 N–H and O–H groups in total. The molecule has 0 atom stereocenters. The zero-order valence-corrected chi connectivity index (χ0v) is 28.2. The molecule has 7 aromatic carbocycles. The van der Waals surface area contributed by atoms with Gasteiger partial charge in [0.25, 0.3) is 0 Å². The first-order chi connectivity index (χ1) is 25.8. The molecule has 0 spiro atoms. The molecule has 242 valence electrons. The van der Waals surface area contributed by atoms with E-state index < -0.39 is 0 Å². The normalized spacial score (nSPS) is 11.5. The summed E-state index contributed by atoms with van der Waals surface area (Å²) in [4.78, 5) is 14.5. The van der Waals surface area contributed by atoms with Gasteiger partial charge in [-0.3, -0.25) is 4.98 Å². The Morgan fingerprint density at radius 3 is 1.58 bits per heavy atom. The van der Waals surface area contributed by atoms with Gasteiger partial charge in [0, 0.05) is 34.6 Å². The molecule has 0 saturated heterocycles. The average molecular weight is 662 g/mol. The van der Waals surface area contributed by atoms with Gasteiger partial charge < -0.3 is 0 Å². The topological polar surface area (TPSA) is 38.7 Å². The molecule has 0 fully saturated rings. The van der Waals surface area contributed by atoms with Gasteiger partial charge in [0.2, 0.25) is 0 Å². The molecule has 0 radical (unpaired) electrons. The van der Waals surface area contributed by atoms with Crippen molar-refractivity contribution in [2.24, 2.45) is 0 Å². The smallest absolute Gasteiger partial charge is 0.160 e. The maximum atomic E-state index is 5.09. The van der Waals surface area contributed by atoms with Gasteiger partial charge in [-0.15, -0.1) is 0 Å². The Hall–Kier alpha value is -6.97. The second kappa shape index (κ2) is 12.4. The van der Waals surface area contributed by atoms with E-state index in [2.05, 4.69) is 157 Å². The van der Waals surface area contributed by atoms with Crippen molar-refractivity contribution in [1.82, 2.24) is 15.0 Å². The minimum Gasteiger partial charge on any atom is -0.264 e. The van der Waals surface area contributed by atoms with Crippen LogP contribution in [0.15, 0.2) is 188 Å². The molecular formula is C49H31N3. The highest BCUT2D eigenvalue weighted by molar-refractivity contribution is 6.18. The van der Waals surface area contributed by atoms with Gasteiger partial charge in [-0.25, -0.2) is 9.97 Å². The first-order valence-corrected chi connectivity index (χ1v) is 17.6. The van der Waals surface area contributed by atoms with Gasteiger partial charge in [0.15, 0.2) is 5.82 Å². The highest BCUT2D eigenvalue weighted by atomic mass is 14.9. The van der Waals surface area contributed by atoms with E-state index in [1.807, 2.05) is 30.5 Å². The second-order valence-corrected chi connectivity index (χ2v) is 13.2. The van der Waals surface area contributed by atoms with Gasteiger partial charge >= 0.3 is 0 Å². The molecule has 0 amide bonds. The van der Waals surface area contributed by atoms with Crippen LogP contribution < -0.4 is 0 Å². The van der Waals surface area contributed by atoms with E-state index in [1.165, 1.54) is 49.7 Å². The number of pyridine rings is 1. The van der Waals surface area contributed by atoms with Gasteiger partial charge in [0.1, 0.15) is 0 Å². The van der Waals surface area contributed by atoms with Crippen molar-refractivity contribution in [1.29, 1.82) is 0 Å². The first kappa shape index (κ1) is 29.9. The van der Waals surface area contributed by atoms with Crippen molar-refractivity contribution in [3.05, 3.63) is 188 Å². The first-order valence-electron chi connectivity index (χ1n) is 17.6. The quantitative estimate of drug-likeness (QED) is 0.178. The van der Waals surface area contributed by atoms with Crippen molar-refractivity contribution < 1.29 is 0 Å². The summed E-state index contributed by atoms with van der Waals surface area (Å²) in [5.74, 6) is 0.695. The van der Waals surface area contributed by atoms with E-state index in [9.17, 15) is 0 Å². The SMILES string of the molecule is c1ccc(-c2nc(-c3ccc(-c4ccc(-c5ccc6c7c(cccc57)-c5ccccc5-6)cc4)cc3)cc(-c3ccccc3-c3cccnc3)n2)cc1. The van der Waals surface area contributed by atoms with Gasteiger partial charge in [-0.05, 0) is 73.0 Å². The fraction of sp³-hybridized carbons (Fsp3) is 0. The fourth-order valence-corrected chi connectivity index (χ4v) is 7.67. The molecule has 0 bridgehead atoms. The number of hydrogen-bond acceptors (Lipinski definition) is 3. The average Bonchev–Trinajstić information content (AvgIpc) is 3.56. The minimum absolute atomic E-state index is 0.695. The molecule has 2 heterocycles. The van der Waals surface area contributed by atoms with Crippen molar-refractivity contribution in [2.45, 2.75) is 0 Å². The molecule has 0 saturated carbocycles. The largest absolute Gasteiger partial charge is 0.264 e. The Bertz CT molecular complexity index is 2720. The van der Waals surface area contributed by atoms with Crippen LogP contribution in [0.4, 0.5) is 0 Å². The summed E-state index contributed by atoms with van der Waals surface area (Å²) in [5.41, 5.74) is 17.0. The lowest BCUT2D eigenvalue weighted by atomic mass is 9.93. The van der Waals surface area contributed by atoms with Crippen LogP contribution in [-0.2, 0) is 0 Å². The Morgan fingerprint density at radius 1 is 0.308 bits per heavy atom. The van der Waals surface area contributed by atoms with Crippen LogP contribution in [0.5, 0.6) is 0 Å². The van der Waals surface area contributed by atoms with E-state index in [-0.39, 0.29) is 0 Å². The summed E-state index contributed by atoms with van der Waals surface area (Å²) in [5, 5.41) is 2.65. The molecule has 1 aliphatic carbocycles. The van der Waals surface area contributed by atoms with Gasteiger partial charge in [-0.2, -0.15) is 0 Å². The second-order valence-electron chi connectivity index (χ2n) is 13.2. The Balaban J connectivity index is 0.997. The van der Waals surface area contributed by atoms with E-state index >= 15 is 0 Å². The summed E-state index contributed by atoms with van der Waals surface area (Å²) >= 11 is 0. The zero-order valence-electron chi connectivity index (χ0n) is 28.2. The minimum atomic E-state index is 0.695. The maximum absolute atomic E-state index is 5.09. The van der Waals surface area contributed by atoms with Gasteiger partial charge in [-0.1, -0.05) is 164 Å². The standard InChI is InChI=1S/C49H31N3/c1-2-10-36(11-3-1)49-51-46(30-47(52-49)42-16-7-4-13-38(42)37-12-9-29-50-31-37)35-25-21-33(22-26-35)32-19-23-34(24-20-32)39-27-28-45-41-15-6-5-14-40(41)44-18-8-17-43(39)48(44)45/h1-31H. The van der Waals surface area contributed by atoms with Crippen molar-refractivity contribution in [3.63, 3.8) is 0 Å². The molecule has 0 unspecified atom stereocenters. The lowest BCUT2D eigenvalue weighted by Crippen LogP contribution is -1.97. The van der Waals surface area contributed by atoms with Crippen LogP contribution in [0, 0.1) is 0 Å². The third-order valence-electron chi connectivity index (χ3n) is 10.2. The van der Waals surface area contributed by atoms with E-state index in [4.69, 9.17) is 9.97 Å². The molecule has 2 aromatic heterocycles. The van der Waals surface area contributed by atoms with Crippen LogP contribution in [-0.4, -0.2) is 15.0 Å². The number of benzene rings is 7. The number of hydrogen-bond donors (Lipinski definition) is 0. The lowest BCUT2D eigenvalue weighted by molar-refractivity contribution is 1.18. The Kier molecular flexibility index (Phi) is 7.14. The highest BCUT2D eigenvalue weighted by Crippen LogP contribution is 2.49. The number of fused-ring (bicyclic) bond motifs is 3. The summed E-state index contributed by atoms with van der Waals surface area (Å²) in [7, 11) is 0. The van der Waals surface area contributed by atoms with E-state index in [0.717, 1.165) is 44.8 Å². The predicted molar refractivity (Wildman–Crippen MR) is 214 cm³/mol. The number of nitrogens with zero attached hydrogens (tertiary/aromatic N) is 3. The van der Waals surface area contributed by atoms with Gasteiger partial charge in [0.05, 0.1) is 11.4 Å². The van der Waals surface area contributed by atoms with Crippen molar-refractivity contribution in [3.8, 4) is 89.5 Å². The molecule has 52 heavy (non-hydrogen) atoms. The third-order valence-corrected chi connectivity index (χ3v) is 10.2. The van der Waals surface area contributed by atoms with Crippen LogP contribution in [0.2, 0.25) is 0 Å². The molecular weight excluding hydrogens is 631 g/mol. The Morgan fingerprint density at radius 2 is 0.865 bits per heavy atom. The van der Waals surface area contributed by atoms with Crippen LogP contribution in [0.3, 0.4) is 0 Å². The van der Waals surface area contributed by atoms with E-state index in [0.29, 0.717) is 5.82 Å². The summed E-state index contributed by atoms with van der Waals surface area (Å²) in [6.45, 7) is 0. The van der Waals surface area contributed by atoms with Crippen LogP contribution in [0.1, 0.15) is 0 Å². The molecule has 9 aromatic rings. The maximum Gasteiger partial charge on any atom is 0.160 e. The summed E-state index contributed by atoms with van der Waals surface area (Å²) in [6.07, 6.45) is 3.70.